The maximum Gasteiger partial charge on any atom is 0.249 e. The van der Waals surface area contributed by atoms with Crippen LogP contribution in [-0.4, -0.2) is 6.71 Å². The highest BCUT2D eigenvalue weighted by atomic mass is 32.2. The van der Waals surface area contributed by atoms with Gasteiger partial charge in [-0.1, -0.05) is 284 Å². The molecule has 5 aliphatic heterocycles. The number of anilines is 9. The number of fused-ring (bicyclic) bond motifs is 17. The summed E-state index contributed by atoms with van der Waals surface area (Å²) in [7, 11) is 0. The highest BCUT2D eigenvalue weighted by Gasteiger charge is 2.52. The van der Waals surface area contributed by atoms with Crippen LogP contribution in [0.25, 0.3) is 44.5 Å². The largest absolute Gasteiger partial charge is 0.457 e. The summed E-state index contributed by atoms with van der Waals surface area (Å²) in [4.78, 5) is 10.2. The average molecular weight is 1310 g/mol. The summed E-state index contributed by atoms with van der Waals surface area (Å²) in [5.74, 6) is 1.75. The number of rotatable bonds is 6. The lowest BCUT2D eigenvalue weighted by molar-refractivity contribution is 0.436. The monoisotopic (exact) mass is 1310 g/mol. The molecule has 101 heavy (non-hydrogen) atoms. The van der Waals surface area contributed by atoms with Crippen molar-refractivity contribution in [1.82, 2.24) is 0 Å². The maximum atomic E-state index is 7.15. The summed E-state index contributed by atoms with van der Waals surface area (Å²) in [5, 5.41) is 0. The number of para-hydroxylation sites is 5. The summed E-state index contributed by atoms with van der Waals surface area (Å²) >= 11 is 1.92. The van der Waals surface area contributed by atoms with Crippen molar-refractivity contribution in [3.8, 4) is 56.0 Å². The average Bonchev–Trinajstić information content (AvgIpc) is 1.61. The predicted molar refractivity (Wildman–Crippen MR) is 422 cm³/mol. The Balaban J connectivity index is 0.897. The smallest absolute Gasteiger partial charge is 0.249 e. The lowest BCUT2D eigenvalue weighted by Gasteiger charge is -2.44. The van der Waals surface area contributed by atoms with Gasteiger partial charge >= 0.3 is 0 Å². The van der Waals surface area contributed by atoms with E-state index < -0.39 is 5.41 Å². The fourth-order valence-corrected chi connectivity index (χ4v) is 19.6. The molecule has 482 valence electrons. The van der Waals surface area contributed by atoms with Gasteiger partial charge in [-0.05, 0) is 180 Å². The van der Waals surface area contributed by atoms with Crippen LogP contribution in [0, 0.1) is 0 Å². The first-order valence-electron chi connectivity index (χ1n) is 35.6. The van der Waals surface area contributed by atoms with E-state index in [4.69, 9.17) is 4.74 Å². The molecule has 0 saturated heterocycles. The predicted octanol–water partition coefficient (Wildman–Crippen LogP) is 23.4. The van der Waals surface area contributed by atoms with Crippen LogP contribution in [0.4, 0.5) is 51.2 Å². The molecular formula is C95H72BN3OS. The van der Waals surface area contributed by atoms with Crippen molar-refractivity contribution >= 4 is 86.0 Å². The van der Waals surface area contributed by atoms with Crippen LogP contribution < -0.4 is 35.8 Å². The lowest BCUT2D eigenvalue weighted by atomic mass is 9.34. The second kappa shape index (κ2) is 21.8. The maximum absolute atomic E-state index is 7.15. The Morgan fingerprint density at radius 3 is 1.31 bits per heavy atom. The van der Waals surface area contributed by atoms with Gasteiger partial charge in [0, 0.05) is 65.6 Å². The van der Waals surface area contributed by atoms with E-state index in [-0.39, 0.29) is 23.0 Å². The fourth-order valence-electron chi connectivity index (χ4n) is 18.3. The van der Waals surface area contributed by atoms with Crippen LogP contribution in [0.5, 0.6) is 11.5 Å². The molecule has 4 nitrogen and oxygen atoms in total. The van der Waals surface area contributed by atoms with Crippen molar-refractivity contribution in [3.05, 3.63) is 359 Å². The van der Waals surface area contributed by atoms with Crippen molar-refractivity contribution < 1.29 is 4.74 Å². The molecule has 5 heterocycles. The highest BCUT2D eigenvalue weighted by Crippen LogP contribution is 2.64. The number of benzene rings is 14. The Morgan fingerprint density at radius 1 is 0.317 bits per heavy atom. The third-order valence-electron chi connectivity index (χ3n) is 23.1. The number of nitrogens with zero attached hydrogens (tertiary/aromatic N) is 3. The molecule has 1 aliphatic carbocycles. The summed E-state index contributed by atoms with van der Waals surface area (Å²) in [5.41, 5.74) is 33.7. The summed E-state index contributed by atoms with van der Waals surface area (Å²) in [6.45, 7) is 16.4. The minimum Gasteiger partial charge on any atom is -0.457 e. The topological polar surface area (TPSA) is 19.0 Å². The molecule has 1 spiro atoms. The molecule has 0 atom stereocenters. The van der Waals surface area contributed by atoms with Gasteiger partial charge in [-0.15, -0.1) is 0 Å². The first-order chi connectivity index (χ1) is 49.2. The Kier molecular flexibility index (Phi) is 12.9. The SMILES string of the molecule is CC(C)(C)c1cc(-c2ccccc2)c(N2c3cc(N4c5ccccc5C(C)(C)c5ccccc54)ccc3B3c4ccc(N5c6ccccc6C(C)(C)c6ccccc65)cc4Sc4cc(-c5ccc6c(c5)C5(c7ccccc7O6)c6ccccc6-c6ccccc65)cc2c43)c(-c2ccccc2)c1. The van der Waals surface area contributed by atoms with E-state index in [0.29, 0.717) is 0 Å². The Bertz CT molecular complexity index is 5620. The van der Waals surface area contributed by atoms with E-state index >= 15 is 0 Å². The lowest BCUT2D eigenvalue weighted by Crippen LogP contribution is -2.60. The van der Waals surface area contributed by atoms with E-state index in [1.54, 1.807) is 0 Å². The number of hydrogen-bond acceptors (Lipinski definition) is 5. The third kappa shape index (κ3) is 8.58. The molecule has 0 aromatic heterocycles. The van der Waals surface area contributed by atoms with Crippen molar-refractivity contribution in [2.75, 3.05) is 14.7 Å². The Hall–Kier alpha value is -11.3. The highest BCUT2D eigenvalue weighted by molar-refractivity contribution is 8.00. The van der Waals surface area contributed by atoms with Gasteiger partial charge in [0.2, 0.25) is 6.71 Å². The molecule has 0 unspecified atom stereocenters. The van der Waals surface area contributed by atoms with Crippen LogP contribution in [0.3, 0.4) is 0 Å². The van der Waals surface area contributed by atoms with E-state index in [9.17, 15) is 0 Å². The zero-order valence-electron chi connectivity index (χ0n) is 57.7. The van der Waals surface area contributed by atoms with Gasteiger partial charge < -0.3 is 19.4 Å². The fraction of sp³-hybridized carbons (Fsp3) is 0.116. The number of ether oxygens (including phenoxy) is 1. The molecule has 0 bridgehead atoms. The first kappa shape index (κ1) is 59.7. The summed E-state index contributed by atoms with van der Waals surface area (Å²) in [6.07, 6.45) is 0. The second-order valence-electron chi connectivity index (χ2n) is 30.3. The Morgan fingerprint density at radius 2 is 0.772 bits per heavy atom. The van der Waals surface area contributed by atoms with Gasteiger partial charge in [0.1, 0.15) is 11.5 Å². The quantitative estimate of drug-likeness (QED) is 0.154. The van der Waals surface area contributed by atoms with Crippen LogP contribution in [0.15, 0.2) is 319 Å². The van der Waals surface area contributed by atoms with Crippen LogP contribution >= 0.6 is 11.8 Å². The van der Waals surface area contributed by atoms with Crippen LogP contribution in [-0.2, 0) is 21.7 Å². The molecule has 14 aromatic rings. The van der Waals surface area contributed by atoms with E-state index in [0.717, 1.165) is 73.3 Å². The van der Waals surface area contributed by atoms with Crippen molar-refractivity contribution in [1.29, 1.82) is 0 Å². The van der Waals surface area contributed by atoms with E-state index in [1.807, 2.05) is 11.8 Å². The van der Waals surface area contributed by atoms with Gasteiger partial charge in [-0.2, -0.15) is 0 Å². The van der Waals surface area contributed by atoms with E-state index in [2.05, 4.69) is 373 Å². The zero-order valence-corrected chi connectivity index (χ0v) is 58.5. The Labute approximate surface area is 596 Å². The van der Waals surface area contributed by atoms with Gasteiger partial charge in [0.05, 0.1) is 33.9 Å². The molecule has 0 N–H and O–H groups in total. The van der Waals surface area contributed by atoms with Gasteiger partial charge in [0.25, 0.3) is 0 Å². The molecular weight excluding hydrogens is 1240 g/mol. The minimum atomic E-state index is -0.655. The minimum absolute atomic E-state index is 0.156. The van der Waals surface area contributed by atoms with Gasteiger partial charge in [0.15, 0.2) is 0 Å². The third-order valence-corrected chi connectivity index (χ3v) is 24.2. The van der Waals surface area contributed by atoms with Gasteiger partial charge in [-0.3, -0.25) is 0 Å². The molecule has 6 heteroatoms. The van der Waals surface area contributed by atoms with Gasteiger partial charge in [-0.25, -0.2) is 0 Å². The number of hydrogen-bond donors (Lipinski definition) is 0. The standard InChI is InChI=1S/C95H72BN3OS/c1-92(2,3)63-55-68(59-28-10-8-11-29-59)91(69(56-63)60-30-12-9-13-31-60)99-84-57-64(97-80-41-23-18-36-72(80)93(4,5)73-37-19-24-42-81(73)97)47-49-78(84)96-79-50-48-65(98-82-43-25-20-38-74(82)94(6,7)75-39-21-26-44-83(75)98)58-88(79)101-89-54-62(53-85(99)90(89)96)61-46-51-87-77(52-61)95(76-40-22-27-45-86(76)100-87)70-34-16-14-32-66(70)67-33-15-17-35-71(67)95/h8-58H,1-7H3. The van der Waals surface area contributed by atoms with Crippen LogP contribution in [0.2, 0.25) is 0 Å². The van der Waals surface area contributed by atoms with Crippen molar-refractivity contribution in [2.24, 2.45) is 0 Å². The molecule has 0 amide bonds. The van der Waals surface area contributed by atoms with Crippen molar-refractivity contribution in [2.45, 2.75) is 79.9 Å². The molecule has 0 radical (unpaired) electrons. The van der Waals surface area contributed by atoms with E-state index in [1.165, 1.54) is 110 Å². The molecule has 6 aliphatic rings. The summed E-state index contributed by atoms with van der Waals surface area (Å²) < 4.78 is 7.15. The molecule has 0 fully saturated rings. The summed E-state index contributed by atoms with van der Waals surface area (Å²) in [6, 6.07) is 117. The van der Waals surface area contributed by atoms with Crippen molar-refractivity contribution in [3.63, 3.8) is 0 Å². The molecule has 14 aromatic carbocycles. The van der Waals surface area contributed by atoms with Crippen LogP contribution in [0.1, 0.15) is 98.5 Å². The molecule has 0 saturated carbocycles. The molecule has 20 rings (SSSR count). The second-order valence-corrected chi connectivity index (χ2v) is 31.4. The first-order valence-corrected chi connectivity index (χ1v) is 36.4. The zero-order chi connectivity index (χ0) is 67.8. The normalized spacial score (nSPS) is 15.3.